The number of fused-ring (bicyclic) bond motifs is 1. The summed E-state index contributed by atoms with van der Waals surface area (Å²) in [7, 11) is -3.78. The number of nitrogens with one attached hydrogen (secondary N) is 1. The minimum Gasteiger partial charge on any atom is -0.326 e. The molecule has 2 heterocycles. The SMILES string of the molecule is Cc1cccc(C2CCCN2S(=O)(=O)c2cc3c(cc2Cl)CCC(=O)N3)c1. The van der Waals surface area contributed by atoms with Gasteiger partial charge in [0.25, 0.3) is 0 Å². The topological polar surface area (TPSA) is 66.5 Å². The summed E-state index contributed by atoms with van der Waals surface area (Å²) in [5.41, 5.74) is 3.51. The second-order valence-corrected chi connectivity index (χ2v) is 9.44. The molecular weight excluding hydrogens is 384 g/mol. The van der Waals surface area contributed by atoms with Gasteiger partial charge in [-0.25, -0.2) is 8.42 Å². The summed E-state index contributed by atoms with van der Waals surface area (Å²) in [6, 6.07) is 10.9. The van der Waals surface area contributed by atoms with Crippen molar-refractivity contribution in [2.45, 2.75) is 43.5 Å². The fourth-order valence-corrected chi connectivity index (χ4v) is 6.18. The molecule has 1 saturated heterocycles. The van der Waals surface area contributed by atoms with Gasteiger partial charge in [-0.2, -0.15) is 4.31 Å². The molecule has 0 aliphatic carbocycles. The van der Waals surface area contributed by atoms with Gasteiger partial charge in [0.15, 0.2) is 0 Å². The van der Waals surface area contributed by atoms with Gasteiger partial charge < -0.3 is 5.32 Å². The maximum absolute atomic E-state index is 13.4. The number of amides is 1. The Labute approximate surface area is 164 Å². The van der Waals surface area contributed by atoms with Crippen molar-refractivity contribution >= 4 is 33.2 Å². The number of hydrogen-bond acceptors (Lipinski definition) is 3. The normalized spacial score (nSPS) is 20.4. The summed E-state index contributed by atoms with van der Waals surface area (Å²) in [6.45, 7) is 2.46. The maximum atomic E-state index is 13.4. The van der Waals surface area contributed by atoms with Gasteiger partial charge in [-0.1, -0.05) is 41.4 Å². The van der Waals surface area contributed by atoms with Crippen LogP contribution in [0.5, 0.6) is 0 Å². The zero-order chi connectivity index (χ0) is 19.2. The highest BCUT2D eigenvalue weighted by atomic mass is 35.5. The van der Waals surface area contributed by atoms with Crippen LogP contribution in [-0.4, -0.2) is 25.2 Å². The first-order chi connectivity index (χ1) is 12.9. The van der Waals surface area contributed by atoms with Crippen LogP contribution in [0, 0.1) is 6.92 Å². The Balaban J connectivity index is 1.75. The van der Waals surface area contributed by atoms with E-state index < -0.39 is 10.0 Å². The lowest BCUT2D eigenvalue weighted by atomic mass is 10.0. The van der Waals surface area contributed by atoms with Crippen LogP contribution in [0.3, 0.4) is 0 Å². The van der Waals surface area contributed by atoms with Crippen molar-refractivity contribution in [2.75, 3.05) is 11.9 Å². The summed E-state index contributed by atoms with van der Waals surface area (Å²) in [5.74, 6) is -0.105. The number of halogens is 1. The molecule has 2 aromatic rings. The molecule has 0 bridgehead atoms. The van der Waals surface area contributed by atoms with Crippen LogP contribution in [0.25, 0.3) is 0 Å². The number of rotatable bonds is 3. The summed E-state index contributed by atoms with van der Waals surface area (Å²) < 4.78 is 28.4. The van der Waals surface area contributed by atoms with E-state index in [1.165, 1.54) is 6.07 Å². The van der Waals surface area contributed by atoms with Gasteiger partial charge in [0.05, 0.1) is 11.1 Å². The van der Waals surface area contributed by atoms with Crippen LogP contribution < -0.4 is 5.32 Å². The zero-order valence-electron chi connectivity index (χ0n) is 15.0. The average Bonchev–Trinajstić information content (AvgIpc) is 3.12. The van der Waals surface area contributed by atoms with Crippen LogP contribution in [0.2, 0.25) is 5.02 Å². The van der Waals surface area contributed by atoms with Gasteiger partial charge in [0.2, 0.25) is 15.9 Å². The van der Waals surface area contributed by atoms with Crippen LogP contribution in [0.4, 0.5) is 5.69 Å². The van der Waals surface area contributed by atoms with Gasteiger partial charge in [-0.3, -0.25) is 4.79 Å². The number of nitrogens with zero attached hydrogens (tertiary/aromatic N) is 1. The lowest BCUT2D eigenvalue weighted by molar-refractivity contribution is -0.116. The fraction of sp³-hybridized carbons (Fsp3) is 0.350. The Hall–Kier alpha value is -1.89. The second kappa shape index (κ2) is 6.93. The molecule has 1 amide bonds. The zero-order valence-corrected chi connectivity index (χ0v) is 16.6. The molecule has 1 fully saturated rings. The molecule has 2 aromatic carbocycles. The van der Waals surface area contributed by atoms with Crippen molar-refractivity contribution in [3.63, 3.8) is 0 Å². The number of aryl methyl sites for hydroxylation is 2. The molecule has 5 nitrogen and oxygen atoms in total. The number of carbonyl (C=O) groups is 1. The molecule has 1 unspecified atom stereocenters. The molecule has 4 rings (SSSR count). The summed E-state index contributed by atoms with van der Waals surface area (Å²) in [5, 5.41) is 2.97. The van der Waals surface area contributed by atoms with Crippen molar-refractivity contribution in [2.24, 2.45) is 0 Å². The molecule has 0 spiro atoms. The van der Waals surface area contributed by atoms with Crippen molar-refractivity contribution in [3.8, 4) is 0 Å². The van der Waals surface area contributed by atoms with Crippen LogP contribution in [0.1, 0.15) is 42.0 Å². The molecule has 0 radical (unpaired) electrons. The minimum atomic E-state index is -3.78. The van der Waals surface area contributed by atoms with E-state index in [0.717, 1.165) is 29.5 Å². The highest BCUT2D eigenvalue weighted by Gasteiger charge is 2.37. The number of benzene rings is 2. The third-order valence-corrected chi connectivity index (χ3v) is 7.64. The summed E-state index contributed by atoms with van der Waals surface area (Å²) in [6.07, 6.45) is 2.53. The molecule has 0 aromatic heterocycles. The van der Waals surface area contributed by atoms with E-state index in [1.54, 1.807) is 10.4 Å². The van der Waals surface area contributed by atoms with Gasteiger partial charge in [0, 0.05) is 18.7 Å². The number of sulfonamides is 1. The number of anilines is 1. The van der Waals surface area contributed by atoms with Crippen molar-refractivity contribution in [1.29, 1.82) is 0 Å². The van der Waals surface area contributed by atoms with Crippen molar-refractivity contribution < 1.29 is 13.2 Å². The number of hydrogen-bond donors (Lipinski definition) is 1. The largest absolute Gasteiger partial charge is 0.326 e. The van der Waals surface area contributed by atoms with E-state index in [2.05, 4.69) is 5.32 Å². The molecule has 0 saturated carbocycles. The first-order valence-electron chi connectivity index (χ1n) is 9.07. The molecule has 2 aliphatic rings. The van der Waals surface area contributed by atoms with Crippen molar-refractivity contribution in [1.82, 2.24) is 4.31 Å². The Kier molecular flexibility index (Phi) is 4.74. The molecule has 1 N–H and O–H groups in total. The van der Waals surface area contributed by atoms with E-state index in [-0.39, 0.29) is 21.9 Å². The molecule has 7 heteroatoms. The third kappa shape index (κ3) is 3.37. The van der Waals surface area contributed by atoms with Crippen LogP contribution in [-0.2, 0) is 21.2 Å². The standard InChI is InChI=1S/C20H21ClN2O3S/c1-13-4-2-5-15(10-13)18-6-3-9-23(18)27(25,26)19-12-17-14(11-16(19)21)7-8-20(24)22-17/h2,4-5,10-12,18H,3,6-9H2,1H3,(H,22,24). The molecular formula is C20H21ClN2O3S. The monoisotopic (exact) mass is 404 g/mol. The fourth-order valence-electron chi connectivity index (χ4n) is 3.94. The predicted octanol–water partition coefficient (Wildman–Crippen LogP) is 4.06. The highest BCUT2D eigenvalue weighted by molar-refractivity contribution is 7.89. The van der Waals surface area contributed by atoms with E-state index in [0.29, 0.717) is 25.1 Å². The Morgan fingerprint density at radius 3 is 2.78 bits per heavy atom. The predicted molar refractivity (Wildman–Crippen MR) is 105 cm³/mol. The summed E-state index contributed by atoms with van der Waals surface area (Å²) >= 11 is 6.36. The Morgan fingerprint density at radius 2 is 2.00 bits per heavy atom. The van der Waals surface area contributed by atoms with E-state index in [1.807, 2.05) is 31.2 Å². The molecule has 142 valence electrons. The second-order valence-electron chi connectivity index (χ2n) is 7.18. The van der Waals surface area contributed by atoms with E-state index in [4.69, 9.17) is 11.6 Å². The molecule has 2 aliphatic heterocycles. The van der Waals surface area contributed by atoms with E-state index >= 15 is 0 Å². The highest BCUT2D eigenvalue weighted by Crippen LogP contribution is 2.40. The summed E-state index contributed by atoms with van der Waals surface area (Å²) in [4.78, 5) is 11.8. The molecule has 27 heavy (non-hydrogen) atoms. The maximum Gasteiger partial charge on any atom is 0.245 e. The van der Waals surface area contributed by atoms with Gasteiger partial charge in [0.1, 0.15) is 4.90 Å². The van der Waals surface area contributed by atoms with Gasteiger partial charge >= 0.3 is 0 Å². The van der Waals surface area contributed by atoms with Crippen LogP contribution in [0.15, 0.2) is 41.3 Å². The quantitative estimate of drug-likeness (QED) is 0.838. The third-order valence-electron chi connectivity index (χ3n) is 5.27. The van der Waals surface area contributed by atoms with E-state index in [9.17, 15) is 13.2 Å². The van der Waals surface area contributed by atoms with Crippen LogP contribution >= 0.6 is 11.6 Å². The van der Waals surface area contributed by atoms with Crippen molar-refractivity contribution in [3.05, 3.63) is 58.1 Å². The van der Waals surface area contributed by atoms with Gasteiger partial charge in [-0.05, 0) is 49.4 Å². The number of carbonyl (C=O) groups excluding carboxylic acids is 1. The average molecular weight is 405 g/mol. The lowest BCUT2D eigenvalue weighted by Crippen LogP contribution is -2.31. The minimum absolute atomic E-state index is 0.0599. The Bertz CT molecular complexity index is 1020. The molecule has 1 atom stereocenters. The first kappa shape index (κ1) is 18.5. The van der Waals surface area contributed by atoms with Gasteiger partial charge in [-0.15, -0.1) is 0 Å². The smallest absolute Gasteiger partial charge is 0.245 e. The Morgan fingerprint density at radius 1 is 1.19 bits per heavy atom. The lowest BCUT2D eigenvalue weighted by Gasteiger charge is -2.26. The first-order valence-corrected chi connectivity index (χ1v) is 10.9.